The molecule has 1 aliphatic heterocycles. The zero-order valence-electron chi connectivity index (χ0n) is 12.5. The maximum Gasteiger partial charge on any atom is 0.162 e. The number of hydrogen-bond acceptors (Lipinski definition) is 2. The van der Waals surface area contributed by atoms with Gasteiger partial charge in [-0.1, -0.05) is 20.8 Å². The third kappa shape index (κ3) is 2.99. The number of ketones is 1. The average molecular weight is 259 g/mol. The van der Waals surface area contributed by atoms with E-state index in [9.17, 15) is 4.79 Å². The molecule has 1 aliphatic rings. The molecule has 0 spiro atoms. The Morgan fingerprint density at radius 1 is 1.21 bits per heavy atom. The second-order valence-electron chi connectivity index (χ2n) is 6.03. The number of anilines is 1. The highest BCUT2D eigenvalue weighted by Gasteiger charge is 2.28. The van der Waals surface area contributed by atoms with E-state index in [-0.39, 0.29) is 5.78 Å². The summed E-state index contributed by atoms with van der Waals surface area (Å²) in [6, 6.07) is 8.72. The van der Waals surface area contributed by atoms with Gasteiger partial charge in [0.25, 0.3) is 0 Å². The number of nitrogens with zero attached hydrogens (tertiary/aromatic N) is 1. The normalized spacial score (nSPS) is 27.4. The van der Waals surface area contributed by atoms with Crippen molar-refractivity contribution in [1.82, 2.24) is 0 Å². The minimum Gasteiger partial charge on any atom is -0.368 e. The number of carbonyl (C=O) groups excluding carboxylic acids is 1. The third-order valence-corrected chi connectivity index (χ3v) is 4.44. The van der Waals surface area contributed by atoms with Gasteiger partial charge in [0.05, 0.1) is 0 Å². The van der Waals surface area contributed by atoms with Crippen LogP contribution < -0.4 is 4.90 Å². The fourth-order valence-electron chi connectivity index (χ4n) is 3.10. The van der Waals surface area contributed by atoms with Crippen LogP contribution in [0.4, 0.5) is 5.69 Å². The molecule has 0 aromatic heterocycles. The van der Waals surface area contributed by atoms with Crippen molar-refractivity contribution >= 4 is 11.5 Å². The lowest BCUT2D eigenvalue weighted by Gasteiger charge is -2.42. The Kier molecular flexibility index (Phi) is 4.28. The molecule has 3 unspecified atom stereocenters. The molecule has 0 bridgehead atoms. The molecule has 1 aromatic carbocycles. The van der Waals surface area contributed by atoms with Gasteiger partial charge in [-0.3, -0.25) is 4.79 Å². The Balaban J connectivity index is 2.19. The van der Waals surface area contributed by atoms with Crippen LogP contribution in [0.2, 0.25) is 0 Å². The van der Waals surface area contributed by atoms with Crippen molar-refractivity contribution in [2.45, 2.75) is 46.6 Å². The molecule has 0 amide bonds. The van der Waals surface area contributed by atoms with Gasteiger partial charge in [-0.25, -0.2) is 0 Å². The van der Waals surface area contributed by atoms with Crippen LogP contribution in [0.1, 0.15) is 50.9 Å². The predicted octanol–water partition coefficient (Wildman–Crippen LogP) is 4.15. The summed E-state index contributed by atoms with van der Waals surface area (Å²) in [6.07, 6.45) is 1.89. The first kappa shape index (κ1) is 14.1. The fourth-order valence-corrected chi connectivity index (χ4v) is 3.10. The first-order valence-electron chi connectivity index (χ1n) is 7.42. The van der Waals surface area contributed by atoms with Crippen LogP contribution in [0.15, 0.2) is 24.3 Å². The van der Waals surface area contributed by atoms with Crippen molar-refractivity contribution in [3.8, 4) is 0 Å². The molecule has 0 N–H and O–H groups in total. The van der Waals surface area contributed by atoms with E-state index in [1.807, 2.05) is 19.1 Å². The molecule has 0 saturated carbocycles. The monoisotopic (exact) mass is 259 g/mol. The van der Waals surface area contributed by atoms with Crippen molar-refractivity contribution in [1.29, 1.82) is 0 Å². The fraction of sp³-hybridized carbons (Fsp3) is 0.588. The standard InChI is InChI=1S/C17H25NO/c1-5-17(19)15-6-8-16(9-7-15)18-11-12(2)10-13(3)14(18)4/h6-9,12-14H,5,10-11H2,1-4H3. The minimum absolute atomic E-state index is 0.222. The summed E-state index contributed by atoms with van der Waals surface area (Å²) in [7, 11) is 0. The van der Waals surface area contributed by atoms with Gasteiger partial charge >= 0.3 is 0 Å². The smallest absolute Gasteiger partial charge is 0.162 e. The summed E-state index contributed by atoms with van der Waals surface area (Å²) in [5, 5.41) is 0. The molecule has 19 heavy (non-hydrogen) atoms. The third-order valence-electron chi connectivity index (χ3n) is 4.44. The summed E-state index contributed by atoms with van der Waals surface area (Å²) >= 11 is 0. The van der Waals surface area contributed by atoms with Crippen LogP contribution in [-0.2, 0) is 0 Å². The quantitative estimate of drug-likeness (QED) is 0.760. The Morgan fingerprint density at radius 3 is 2.42 bits per heavy atom. The summed E-state index contributed by atoms with van der Waals surface area (Å²) < 4.78 is 0. The zero-order valence-corrected chi connectivity index (χ0v) is 12.5. The van der Waals surface area contributed by atoms with Gasteiger partial charge in [0.15, 0.2) is 5.78 Å². The predicted molar refractivity (Wildman–Crippen MR) is 80.8 cm³/mol. The zero-order chi connectivity index (χ0) is 14.0. The number of rotatable bonds is 3. The maximum atomic E-state index is 11.7. The van der Waals surface area contributed by atoms with Crippen LogP contribution in [0.25, 0.3) is 0 Å². The Labute approximate surface area is 116 Å². The Hall–Kier alpha value is -1.31. The molecule has 2 rings (SSSR count). The summed E-state index contributed by atoms with van der Waals surface area (Å²) in [6.45, 7) is 9.99. The topological polar surface area (TPSA) is 20.3 Å². The molecule has 1 aromatic rings. The maximum absolute atomic E-state index is 11.7. The average Bonchev–Trinajstić information content (AvgIpc) is 2.42. The van der Waals surface area contributed by atoms with E-state index in [0.717, 1.165) is 23.9 Å². The van der Waals surface area contributed by atoms with E-state index in [0.29, 0.717) is 12.5 Å². The lowest BCUT2D eigenvalue weighted by Crippen LogP contribution is -2.45. The van der Waals surface area contributed by atoms with Crippen LogP contribution in [0.3, 0.4) is 0 Å². The van der Waals surface area contributed by atoms with E-state index in [2.05, 4.69) is 37.8 Å². The van der Waals surface area contributed by atoms with Gasteiger partial charge < -0.3 is 4.90 Å². The molecule has 2 nitrogen and oxygen atoms in total. The van der Waals surface area contributed by atoms with Crippen molar-refractivity contribution in [3.05, 3.63) is 29.8 Å². The first-order chi connectivity index (χ1) is 9.02. The van der Waals surface area contributed by atoms with E-state index in [1.165, 1.54) is 12.1 Å². The van der Waals surface area contributed by atoms with Crippen molar-refractivity contribution in [2.75, 3.05) is 11.4 Å². The molecule has 1 fully saturated rings. The number of benzene rings is 1. The highest BCUT2D eigenvalue weighted by atomic mass is 16.1. The van der Waals surface area contributed by atoms with Crippen molar-refractivity contribution in [3.63, 3.8) is 0 Å². The van der Waals surface area contributed by atoms with E-state index in [4.69, 9.17) is 0 Å². The second-order valence-corrected chi connectivity index (χ2v) is 6.03. The van der Waals surface area contributed by atoms with Crippen LogP contribution in [-0.4, -0.2) is 18.4 Å². The Bertz CT molecular complexity index is 437. The van der Waals surface area contributed by atoms with Crippen molar-refractivity contribution < 1.29 is 4.79 Å². The lowest BCUT2D eigenvalue weighted by atomic mass is 9.85. The minimum atomic E-state index is 0.222. The lowest BCUT2D eigenvalue weighted by molar-refractivity contribution is 0.0988. The van der Waals surface area contributed by atoms with Gasteiger partial charge in [0.1, 0.15) is 0 Å². The molecule has 0 aliphatic carbocycles. The number of piperidine rings is 1. The van der Waals surface area contributed by atoms with E-state index >= 15 is 0 Å². The highest BCUT2D eigenvalue weighted by Crippen LogP contribution is 2.31. The molecule has 3 atom stereocenters. The number of carbonyl (C=O) groups is 1. The SMILES string of the molecule is CCC(=O)c1ccc(N2CC(C)CC(C)C2C)cc1. The molecule has 2 heteroatoms. The molecule has 1 heterocycles. The van der Waals surface area contributed by atoms with Gasteiger partial charge in [0, 0.05) is 30.3 Å². The molecular weight excluding hydrogens is 234 g/mol. The van der Waals surface area contributed by atoms with Crippen LogP contribution in [0, 0.1) is 11.8 Å². The largest absolute Gasteiger partial charge is 0.368 e. The molecule has 104 valence electrons. The van der Waals surface area contributed by atoms with Crippen LogP contribution in [0.5, 0.6) is 0 Å². The summed E-state index contributed by atoms with van der Waals surface area (Å²) in [5.41, 5.74) is 2.08. The molecule has 0 radical (unpaired) electrons. The first-order valence-corrected chi connectivity index (χ1v) is 7.42. The molecule has 1 saturated heterocycles. The molecular formula is C17H25NO. The summed E-state index contributed by atoms with van der Waals surface area (Å²) in [4.78, 5) is 14.1. The van der Waals surface area contributed by atoms with E-state index < -0.39 is 0 Å². The Morgan fingerprint density at radius 2 is 1.84 bits per heavy atom. The van der Waals surface area contributed by atoms with Gasteiger partial charge in [-0.05, 0) is 49.4 Å². The van der Waals surface area contributed by atoms with Gasteiger partial charge in [-0.2, -0.15) is 0 Å². The van der Waals surface area contributed by atoms with Crippen molar-refractivity contribution in [2.24, 2.45) is 11.8 Å². The van der Waals surface area contributed by atoms with E-state index in [1.54, 1.807) is 0 Å². The van der Waals surface area contributed by atoms with Crippen LogP contribution >= 0.6 is 0 Å². The number of hydrogen-bond donors (Lipinski definition) is 0. The number of Topliss-reactive ketones (excluding diaryl/α,β-unsaturated/α-hetero) is 1. The highest BCUT2D eigenvalue weighted by molar-refractivity contribution is 5.96. The summed E-state index contributed by atoms with van der Waals surface area (Å²) in [5.74, 6) is 1.68. The van der Waals surface area contributed by atoms with Gasteiger partial charge in [0.2, 0.25) is 0 Å². The van der Waals surface area contributed by atoms with Gasteiger partial charge in [-0.15, -0.1) is 0 Å². The second kappa shape index (κ2) is 5.77.